The molecule has 1 aliphatic rings. The van der Waals surface area contributed by atoms with E-state index >= 15 is 0 Å². The lowest BCUT2D eigenvalue weighted by molar-refractivity contribution is 0.804. The summed E-state index contributed by atoms with van der Waals surface area (Å²) in [5.74, 6) is 1.26. The molecule has 0 unspecified atom stereocenters. The Bertz CT molecular complexity index is 2440. The van der Waals surface area contributed by atoms with E-state index in [4.69, 9.17) is 34.9 Å². The Hall–Kier alpha value is -6.43. The first-order valence-corrected chi connectivity index (χ1v) is 14.5. The van der Waals surface area contributed by atoms with E-state index in [1.54, 1.807) is 31.0 Å². The Balaban J connectivity index is 1.37. The molecule has 0 saturated heterocycles. The third-order valence-electron chi connectivity index (χ3n) is 8.38. The van der Waals surface area contributed by atoms with Crippen molar-refractivity contribution in [2.24, 2.45) is 4.99 Å². The standard InChI is InChI=1S/C33H20N12/c1-5-19-22-17-34-16-10-23(22)44(29(19)38-13-1)32-40-31(43-24-7-3-11-36-27(24)20-9-15-35-18-26(20)43)41-33(42-32)45-25-8-4-12-37-28(25)21-6-2-14-39-30(21)45/h1-2,4-6,8-18H,3,7H2. The van der Waals surface area contributed by atoms with Crippen molar-refractivity contribution in [2.45, 2.75) is 12.8 Å². The molecule has 1 aliphatic heterocycles. The number of nitrogens with zero attached hydrogens (tertiary/aromatic N) is 12. The average Bonchev–Trinajstić information content (AvgIpc) is 3.74. The molecule has 0 amide bonds. The van der Waals surface area contributed by atoms with E-state index in [1.807, 2.05) is 76.3 Å². The van der Waals surface area contributed by atoms with E-state index in [0.29, 0.717) is 23.5 Å². The topological polar surface area (TPSA) is 130 Å². The van der Waals surface area contributed by atoms with Gasteiger partial charge in [0.2, 0.25) is 17.8 Å². The third-order valence-corrected chi connectivity index (χ3v) is 8.38. The molecule has 0 atom stereocenters. The second kappa shape index (κ2) is 9.04. The van der Waals surface area contributed by atoms with Crippen LogP contribution in [0, 0.1) is 0 Å². The van der Waals surface area contributed by atoms with Gasteiger partial charge in [-0.25, -0.2) is 9.97 Å². The van der Waals surface area contributed by atoms with Gasteiger partial charge in [-0.15, -0.1) is 0 Å². The van der Waals surface area contributed by atoms with Crippen LogP contribution < -0.4 is 0 Å². The van der Waals surface area contributed by atoms with E-state index in [9.17, 15) is 0 Å². The van der Waals surface area contributed by atoms with Gasteiger partial charge in [0.1, 0.15) is 11.3 Å². The van der Waals surface area contributed by atoms with Gasteiger partial charge in [0.15, 0.2) is 0 Å². The average molecular weight is 585 g/mol. The summed E-state index contributed by atoms with van der Waals surface area (Å²) in [6.07, 6.45) is 16.1. The van der Waals surface area contributed by atoms with Gasteiger partial charge in [-0.2, -0.15) is 15.0 Å². The molecule has 10 rings (SSSR count). The van der Waals surface area contributed by atoms with Crippen molar-refractivity contribution < 1.29 is 0 Å². The first-order chi connectivity index (χ1) is 22.3. The van der Waals surface area contributed by atoms with Gasteiger partial charge < -0.3 is 0 Å². The number of hydrogen-bond acceptors (Lipinski definition) is 9. The summed E-state index contributed by atoms with van der Waals surface area (Å²) >= 11 is 0. The van der Waals surface area contributed by atoms with Crippen LogP contribution >= 0.6 is 0 Å². The lowest BCUT2D eigenvalue weighted by Crippen LogP contribution is -2.15. The summed E-state index contributed by atoms with van der Waals surface area (Å²) in [6, 6.07) is 15.7. The molecule has 0 N–H and O–H groups in total. The molecule has 0 saturated carbocycles. The Kier molecular flexibility index (Phi) is 4.83. The molecule has 0 fully saturated rings. The van der Waals surface area contributed by atoms with Crippen molar-refractivity contribution in [3.05, 3.63) is 97.6 Å². The fraction of sp³-hybridized carbons (Fsp3) is 0.0606. The van der Waals surface area contributed by atoms with Crippen molar-refractivity contribution in [3.8, 4) is 17.8 Å². The Morgan fingerprint density at radius 1 is 0.533 bits per heavy atom. The predicted octanol–water partition coefficient (Wildman–Crippen LogP) is 5.63. The van der Waals surface area contributed by atoms with Crippen LogP contribution in [0.2, 0.25) is 0 Å². The van der Waals surface area contributed by atoms with Crippen molar-refractivity contribution in [3.63, 3.8) is 0 Å². The van der Waals surface area contributed by atoms with Crippen LogP contribution in [0.25, 0.3) is 72.8 Å². The second-order valence-electron chi connectivity index (χ2n) is 10.8. The van der Waals surface area contributed by atoms with Crippen LogP contribution in [0.4, 0.5) is 5.69 Å². The summed E-state index contributed by atoms with van der Waals surface area (Å²) < 4.78 is 5.98. The molecule has 0 spiro atoms. The molecule has 0 bridgehead atoms. The van der Waals surface area contributed by atoms with Crippen LogP contribution in [0.15, 0.2) is 96.9 Å². The Morgan fingerprint density at radius 3 is 2.09 bits per heavy atom. The monoisotopic (exact) mass is 584 g/mol. The molecule has 0 radical (unpaired) electrons. The number of aromatic nitrogens is 11. The molecule has 212 valence electrons. The van der Waals surface area contributed by atoms with Crippen LogP contribution in [0.3, 0.4) is 0 Å². The highest BCUT2D eigenvalue weighted by Crippen LogP contribution is 2.38. The van der Waals surface area contributed by atoms with Crippen molar-refractivity contribution in [1.82, 2.24) is 53.6 Å². The highest BCUT2D eigenvalue weighted by molar-refractivity contribution is 6.07. The number of hydrogen-bond donors (Lipinski definition) is 0. The highest BCUT2D eigenvalue weighted by Gasteiger charge is 2.25. The van der Waals surface area contributed by atoms with Gasteiger partial charge in [-0.1, -0.05) is 0 Å². The smallest absolute Gasteiger partial charge is 0.242 e. The van der Waals surface area contributed by atoms with Crippen LogP contribution in [-0.4, -0.2) is 59.8 Å². The molecule has 12 heteroatoms. The molecular formula is C33H20N12. The number of pyridine rings is 5. The maximum Gasteiger partial charge on any atom is 0.242 e. The first-order valence-electron chi connectivity index (χ1n) is 14.5. The molecule has 0 aromatic carbocycles. The minimum Gasteiger partial charge on any atom is -0.278 e. The zero-order valence-corrected chi connectivity index (χ0v) is 23.5. The summed E-state index contributed by atoms with van der Waals surface area (Å²) in [6.45, 7) is 0. The molecule has 12 nitrogen and oxygen atoms in total. The van der Waals surface area contributed by atoms with Gasteiger partial charge >= 0.3 is 0 Å². The largest absolute Gasteiger partial charge is 0.278 e. The lowest BCUT2D eigenvalue weighted by Gasteiger charge is -2.15. The van der Waals surface area contributed by atoms with E-state index < -0.39 is 0 Å². The summed E-state index contributed by atoms with van der Waals surface area (Å²) in [5, 5.41) is 3.80. The first kappa shape index (κ1) is 24.1. The quantitative estimate of drug-likeness (QED) is 0.261. The van der Waals surface area contributed by atoms with Crippen molar-refractivity contribution in [2.75, 3.05) is 0 Å². The van der Waals surface area contributed by atoms with Gasteiger partial charge in [0.05, 0.1) is 39.6 Å². The highest BCUT2D eigenvalue weighted by atomic mass is 15.3. The summed E-state index contributed by atoms with van der Waals surface area (Å²) in [7, 11) is 0. The zero-order chi connectivity index (χ0) is 29.5. The molecule has 10 heterocycles. The van der Waals surface area contributed by atoms with Crippen LogP contribution in [0.1, 0.15) is 12.1 Å². The fourth-order valence-corrected chi connectivity index (χ4v) is 6.53. The van der Waals surface area contributed by atoms with Gasteiger partial charge in [-0.05, 0) is 61.4 Å². The van der Waals surface area contributed by atoms with E-state index in [1.165, 1.54) is 0 Å². The zero-order valence-electron chi connectivity index (χ0n) is 23.5. The maximum atomic E-state index is 5.16. The van der Waals surface area contributed by atoms with Crippen LogP contribution in [0.5, 0.6) is 0 Å². The van der Waals surface area contributed by atoms with Crippen molar-refractivity contribution in [1.29, 1.82) is 0 Å². The van der Waals surface area contributed by atoms with Gasteiger partial charge in [-0.3, -0.25) is 33.6 Å². The van der Waals surface area contributed by atoms with Gasteiger partial charge in [0.25, 0.3) is 0 Å². The van der Waals surface area contributed by atoms with Crippen molar-refractivity contribution >= 4 is 66.8 Å². The van der Waals surface area contributed by atoms with E-state index in [0.717, 1.165) is 73.5 Å². The summed E-state index contributed by atoms with van der Waals surface area (Å²) in [4.78, 5) is 43.3. The van der Waals surface area contributed by atoms with Crippen LogP contribution in [-0.2, 0) is 6.42 Å². The summed E-state index contributed by atoms with van der Waals surface area (Å²) in [5.41, 5.74) is 6.76. The van der Waals surface area contributed by atoms with E-state index in [-0.39, 0.29) is 0 Å². The Labute approximate surface area is 253 Å². The predicted molar refractivity (Wildman–Crippen MR) is 171 cm³/mol. The molecule has 9 aromatic heterocycles. The minimum atomic E-state index is 0.403. The molecular weight excluding hydrogens is 564 g/mol. The fourth-order valence-electron chi connectivity index (χ4n) is 6.53. The molecule has 0 aliphatic carbocycles. The second-order valence-corrected chi connectivity index (χ2v) is 10.8. The molecule has 45 heavy (non-hydrogen) atoms. The third kappa shape index (κ3) is 3.32. The number of aliphatic imine (C=N–C) groups is 1. The maximum absolute atomic E-state index is 5.16. The Morgan fingerprint density at radius 2 is 1.22 bits per heavy atom. The normalized spacial score (nSPS) is 13.1. The minimum absolute atomic E-state index is 0.403. The van der Waals surface area contributed by atoms with Gasteiger partial charge in [0, 0.05) is 64.9 Å². The number of fused-ring (bicyclic) bond motifs is 9. The number of rotatable bonds is 3. The molecule has 9 aromatic rings. The lowest BCUT2D eigenvalue weighted by atomic mass is 10.1. The van der Waals surface area contributed by atoms with E-state index in [2.05, 4.69) is 14.5 Å². The SMILES string of the molecule is C1=Nc2c(n(-c3nc(-n4c5ccncc5c5cccnc54)nc(-n4c5cccnc5c5cccnc54)n3)c3cnccc23)CC1.